The molecule has 0 bridgehead atoms. The second kappa shape index (κ2) is 8.52. The maximum Gasteiger partial charge on any atom is 0.288 e. The number of halogens is 1. The van der Waals surface area contributed by atoms with Gasteiger partial charge in [-0.05, 0) is 67.4 Å². The molecule has 1 N–H and O–H groups in total. The molecule has 0 fully saturated rings. The zero-order chi connectivity index (χ0) is 18.6. The summed E-state index contributed by atoms with van der Waals surface area (Å²) in [5, 5.41) is 11.4. The molecule has 2 aromatic carbocycles. The largest absolute Gasteiger partial charge is 0.488 e. The minimum absolute atomic E-state index is 0.0668. The number of hydrogen-bond donors (Lipinski definition) is 1. The molecule has 0 radical (unpaired) electrons. The number of rotatable bonds is 5. The van der Waals surface area contributed by atoms with Crippen molar-refractivity contribution >= 4 is 34.7 Å². The van der Waals surface area contributed by atoms with E-state index in [0.29, 0.717) is 16.3 Å². The average molecular weight is 380 g/mol. The minimum atomic E-state index is -0.0668. The van der Waals surface area contributed by atoms with Crippen molar-refractivity contribution in [3.05, 3.63) is 57.6 Å². The molecule has 0 spiro atoms. The van der Waals surface area contributed by atoms with E-state index in [-0.39, 0.29) is 11.8 Å². The third kappa shape index (κ3) is 4.42. The zero-order valence-electron chi connectivity index (χ0n) is 14.8. The van der Waals surface area contributed by atoms with Crippen LogP contribution in [0.2, 0.25) is 5.02 Å². The van der Waals surface area contributed by atoms with Crippen molar-refractivity contribution in [3.8, 4) is 5.75 Å². The van der Waals surface area contributed by atoms with Gasteiger partial charge in [0.1, 0.15) is 12.4 Å². The number of aryl methyl sites for hydroxylation is 3. The Labute approximate surface area is 158 Å². The summed E-state index contributed by atoms with van der Waals surface area (Å²) in [6, 6.07) is 9.34. The summed E-state index contributed by atoms with van der Waals surface area (Å²) in [4.78, 5) is 0. The fourth-order valence-corrected chi connectivity index (χ4v) is 2.93. The quantitative estimate of drug-likeness (QED) is 0.569. The summed E-state index contributed by atoms with van der Waals surface area (Å²) in [6.07, 6.45) is 0.982. The van der Waals surface area contributed by atoms with Crippen LogP contribution >= 0.6 is 23.8 Å². The van der Waals surface area contributed by atoms with Gasteiger partial charge in [0.2, 0.25) is 0 Å². The van der Waals surface area contributed by atoms with Crippen LogP contribution in [-0.4, -0.2) is 17.5 Å². The van der Waals surface area contributed by atoms with Crippen LogP contribution in [0.25, 0.3) is 0 Å². The van der Waals surface area contributed by atoms with Gasteiger partial charge in [-0.1, -0.05) is 30.7 Å². The molecule has 0 aliphatic rings. The van der Waals surface area contributed by atoms with E-state index in [9.17, 15) is 5.21 Å². The Morgan fingerprint density at radius 2 is 1.96 bits per heavy atom. The van der Waals surface area contributed by atoms with Crippen molar-refractivity contribution in [2.45, 2.75) is 33.8 Å². The lowest BCUT2D eigenvalue weighted by molar-refractivity contribution is 0.264. The highest BCUT2D eigenvalue weighted by molar-refractivity contribution is 7.80. The molecule has 4 nitrogen and oxygen atoms in total. The molecule has 134 valence electrons. The Morgan fingerprint density at radius 1 is 1.24 bits per heavy atom. The van der Waals surface area contributed by atoms with Gasteiger partial charge in [-0.25, -0.2) is 0 Å². The van der Waals surface area contributed by atoms with Crippen molar-refractivity contribution in [1.29, 1.82) is 0 Å². The van der Waals surface area contributed by atoms with Crippen molar-refractivity contribution < 1.29 is 14.7 Å². The predicted molar refractivity (Wildman–Crippen MR) is 105 cm³/mol. The molecule has 2 aromatic rings. The van der Waals surface area contributed by atoms with Gasteiger partial charge in [0, 0.05) is 10.6 Å². The fraction of sp³-hybridized carbons (Fsp3) is 0.316. The van der Waals surface area contributed by atoms with Crippen LogP contribution in [0.1, 0.15) is 29.2 Å². The molecule has 0 atom stereocenters. The minimum Gasteiger partial charge on any atom is -0.488 e. The summed E-state index contributed by atoms with van der Waals surface area (Å²) in [6.45, 7) is 6.41. The van der Waals surface area contributed by atoms with Gasteiger partial charge in [0.15, 0.2) is 0 Å². The van der Waals surface area contributed by atoms with Gasteiger partial charge in [-0.3, -0.25) is 5.21 Å². The Kier molecular flexibility index (Phi) is 6.64. The average Bonchev–Trinajstić information content (AvgIpc) is 2.61. The molecular weight excluding hydrogens is 358 g/mol. The number of hydroxylamine groups is 1. The van der Waals surface area contributed by atoms with Crippen LogP contribution in [0, 0.1) is 13.8 Å². The number of anilines is 1. The molecule has 0 unspecified atom stereocenters. The lowest BCUT2D eigenvalue weighted by Gasteiger charge is -2.21. The monoisotopic (exact) mass is 379 g/mol. The van der Waals surface area contributed by atoms with Gasteiger partial charge >= 0.3 is 0 Å². The van der Waals surface area contributed by atoms with Crippen molar-refractivity contribution in [3.63, 3.8) is 0 Å². The first-order valence-electron chi connectivity index (χ1n) is 7.96. The van der Waals surface area contributed by atoms with Gasteiger partial charge in [0.25, 0.3) is 5.17 Å². The second-order valence-electron chi connectivity index (χ2n) is 5.71. The molecule has 0 amide bonds. The SMILES string of the molecule is CCc1cc(C)c(OCc2c(Cl)cccc2N(O)C(=S)OC)cc1C. The van der Waals surface area contributed by atoms with E-state index < -0.39 is 0 Å². The number of nitrogens with zero attached hydrogens (tertiary/aromatic N) is 1. The molecule has 0 heterocycles. The van der Waals surface area contributed by atoms with Crippen LogP contribution in [0.3, 0.4) is 0 Å². The van der Waals surface area contributed by atoms with Crippen LogP contribution in [0.5, 0.6) is 5.75 Å². The van der Waals surface area contributed by atoms with E-state index in [0.717, 1.165) is 22.8 Å². The first kappa shape index (κ1) is 19.5. The lowest BCUT2D eigenvalue weighted by Crippen LogP contribution is -2.27. The highest BCUT2D eigenvalue weighted by atomic mass is 35.5. The molecule has 0 aliphatic heterocycles. The van der Waals surface area contributed by atoms with Crippen LogP contribution in [-0.2, 0) is 17.8 Å². The Hall–Kier alpha value is -1.82. The van der Waals surface area contributed by atoms with Crippen molar-refractivity contribution in [2.24, 2.45) is 0 Å². The van der Waals surface area contributed by atoms with E-state index in [4.69, 9.17) is 33.3 Å². The van der Waals surface area contributed by atoms with Crippen molar-refractivity contribution in [2.75, 3.05) is 12.2 Å². The third-order valence-corrected chi connectivity index (χ3v) is 4.75. The Bertz CT molecular complexity index is 780. The standard InChI is InChI=1S/C19H22ClNO3S/c1-5-14-9-13(3)18(10-12(14)2)24-11-15-16(20)7-6-8-17(15)21(22)19(25)23-4/h6-10,22H,5,11H2,1-4H3. The summed E-state index contributed by atoms with van der Waals surface area (Å²) in [5.74, 6) is 0.791. The molecule has 6 heteroatoms. The number of thiocarbonyl (C=S) groups is 1. The molecule has 2 rings (SSSR count). The molecule has 0 saturated carbocycles. The van der Waals surface area contributed by atoms with Gasteiger partial charge < -0.3 is 9.47 Å². The van der Waals surface area contributed by atoms with Crippen molar-refractivity contribution in [1.82, 2.24) is 0 Å². The first-order chi connectivity index (χ1) is 11.9. The number of hydrogen-bond acceptors (Lipinski definition) is 4. The second-order valence-corrected chi connectivity index (χ2v) is 6.46. The molecule has 0 aromatic heterocycles. The number of benzene rings is 2. The normalized spacial score (nSPS) is 10.5. The summed E-state index contributed by atoms with van der Waals surface area (Å²) in [7, 11) is 1.40. The molecule has 25 heavy (non-hydrogen) atoms. The van der Waals surface area contributed by atoms with Crippen LogP contribution < -0.4 is 9.80 Å². The third-order valence-electron chi connectivity index (χ3n) is 4.06. The molecular formula is C19H22ClNO3S. The summed E-state index contributed by atoms with van der Waals surface area (Å²) >= 11 is 11.3. The number of methoxy groups -OCH3 is 1. The number of ether oxygens (including phenoxy) is 2. The zero-order valence-corrected chi connectivity index (χ0v) is 16.4. The molecule has 0 saturated heterocycles. The Morgan fingerprint density at radius 3 is 2.60 bits per heavy atom. The highest BCUT2D eigenvalue weighted by Gasteiger charge is 2.17. The van der Waals surface area contributed by atoms with Crippen LogP contribution in [0.4, 0.5) is 5.69 Å². The summed E-state index contributed by atoms with van der Waals surface area (Å²) in [5.41, 5.74) is 4.60. The van der Waals surface area contributed by atoms with E-state index in [2.05, 4.69) is 19.9 Å². The first-order valence-corrected chi connectivity index (χ1v) is 8.74. The van der Waals surface area contributed by atoms with E-state index in [1.807, 2.05) is 13.0 Å². The van der Waals surface area contributed by atoms with E-state index in [1.54, 1.807) is 18.2 Å². The van der Waals surface area contributed by atoms with Gasteiger partial charge in [-0.15, -0.1) is 0 Å². The lowest BCUT2D eigenvalue weighted by atomic mass is 10.0. The predicted octanol–water partition coefficient (Wildman–Crippen LogP) is 5.23. The highest BCUT2D eigenvalue weighted by Crippen LogP contribution is 2.30. The fourth-order valence-electron chi connectivity index (χ4n) is 2.61. The van der Waals surface area contributed by atoms with Gasteiger partial charge in [-0.2, -0.15) is 5.06 Å². The van der Waals surface area contributed by atoms with E-state index >= 15 is 0 Å². The van der Waals surface area contributed by atoms with Crippen LogP contribution in [0.15, 0.2) is 30.3 Å². The summed E-state index contributed by atoms with van der Waals surface area (Å²) < 4.78 is 10.9. The maximum atomic E-state index is 10.2. The van der Waals surface area contributed by atoms with Gasteiger partial charge in [0.05, 0.1) is 12.8 Å². The smallest absolute Gasteiger partial charge is 0.288 e. The Balaban J connectivity index is 2.30. The topological polar surface area (TPSA) is 41.9 Å². The molecule has 0 aliphatic carbocycles. The maximum absolute atomic E-state index is 10.2. The van der Waals surface area contributed by atoms with E-state index in [1.165, 1.54) is 18.2 Å².